The first-order valence-corrected chi connectivity index (χ1v) is 5.72. The highest BCUT2D eigenvalue weighted by Crippen LogP contribution is 2.24. The molecule has 0 heterocycles. The van der Waals surface area contributed by atoms with Gasteiger partial charge in [-0.25, -0.2) is 0 Å². The maximum atomic E-state index is 11.8. The molecule has 0 bridgehead atoms. The Bertz CT molecular complexity index is 349. The van der Waals surface area contributed by atoms with Crippen LogP contribution in [0.4, 0.5) is 0 Å². The molecule has 1 rings (SSSR count). The minimum Gasteiger partial charge on any atom is -0.294 e. The fourth-order valence-electron chi connectivity index (χ4n) is 1.14. The zero-order valence-corrected chi connectivity index (χ0v) is 10.5. The van der Waals surface area contributed by atoms with Crippen LogP contribution < -0.4 is 0 Å². The topological polar surface area (TPSA) is 17.1 Å². The smallest absolute Gasteiger partial charge is 0.167 e. The first kappa shape index (κ1) is 11.7. The molecule has 76 valence electrons. The minimum absolute atomic E-state index is 0.0358. The molecule has 14 heavy (non-hydrogen) atoms. The number of benzene rings is 1. The summed E-state index contributed by atoms with van der Waals surface area (Å²) in [6, 6.07) is 5.35. The average molecular weight is 276 g/mol. The predicted octanol–water partition coefficient (Wildman–Crippen LogP) is 4.33. The molecule has 0 saturated carbocycles. The fourth-order valence-corrected chi connectivity index (χ4v) is 1.91. The van der Waals surface area contributed by atoms with Crippen molar-refractivity contribution in [3.63, 3.8) is 0 Å². The number of hydrogen-bond acceptors (Lipinski definition) is 1. The van der Waals surface area contributed by atoms with Crippen LogP contribution in [0.15, 0.2) is 22.7 Å². The van der Waals surface area contributed by atoms with E-state index >= 15 is 0 Å². The summed E-state index contributed by atoms with van der Waals surface area (Å²) >= 11 is 9.28. The van der Waals surface area contributed by atoms with Gasteiger partial charge in [-0.3, -0.25) is 4.79 Å². The van der Waals surface area contributed by atoms with Crippen LogP contribution in [0.2, 0.25) is 5.02 Å². The molecular formula is C11H12BrClO. The standard InChI is InChI=1S/C11H12BrClO/c1-3-7(2)11(14)9-5-4-8(12)6-10(9)13/h4-7H,3H2,1-2H3. The van der Waals surface area contributed by atoms with Crippen LogP contribution in [0.25, 0.3) is 0 Å². The van der Waals surface area contributed by atoms with Crippen molar-refractivity contribution in [3.8, 4) is 0 Å². The van der Waals surface area contributed by atoms with Crippen LogP contribution >= 0.6 is 27.5 Å². The molecule has 0 N–H and O–H groups in total. The van der Waals surface area contributed by atoms with Gasteiger partial charge in [-0.05, 0) is 24.6 Å². The number of rotatable bonds is 3. The van der Waals surface area contributed by atoms with Gasteiger partial charge in [0, 0.05) is 16.0 Å². The summed E-state index contributed by atoms with van der Waals surface area (Å²) in [7, 11) is 0. The van der Waals surface area contributed by atoms with E-state index in [1.807, 2.05) is 19.9 Å². The number of carbonyl (C=O) groups excluding carboxylic acids is 1. The molecule has 1 nitrogen and oxygen atoms in total. The van der Waals surface area contributed by atoms with Crippen molar-refractivity contribution < 1.29 is 4.79 Å². The lowest BCUT2D eigenvalue weighted by Gasteiger charge is -2.08. The number of carbonyl (C=O) groups is 1. The Labute approximate surface area is 97.6 Å². The van der Waals surface area contributed by atoms with E-state index in [2.05, 4.69) is 15.9 Å². The summed E-state index contributed by atoms with van der Waals surface area (Å²) in [6.07, 6.45) is 0.839. The quantitative estimate of drug-likeness (QED) is 0.750. The molecule has 0 aliphatic rings. The molecule has 0 aliphatic carbocycles. The molecule has 3 heteroatoms. The van der Waals surface area contributed by atoms with Gasteiger partial charge in [0.15, 0.2) is 5.78 Å². The highest BCUT2D eigenvalue weighted by atomic mass is 79.9. The lowest BCUT2D eigenvalue weighted by molar-refractivity contribution is 0.0927. The van der Waals surface area contributed by atoms with Crippen LogP contribution in [0, 0.1) is 5.92 Å². The molecule has 0 amide bonds. The van der Waals surface area contributed by atoms with Crippen molar-refractivity contribution in [1.82, 2.24) is 0 Å². The fraction of sp³-hybridized carbons (Fsp3) is 0.364. The number of ketones is 1. The van der Waals surface area contributed by atoms with E-state index in [4.69, 9.17) is 11.6 Å². The van der Waals surface area contributed by atoms with E-state index in [0.717, 1.165) is 10.9 Å². The first-order valence-electron chi connectivity index (χ1n) is 4.55. The summed E-state index contributed by atoms with van der Waals surface area (Å²) < 4.78 is 0.892. The Morgan fingerprint density at radius 1 is 1.57 bits per heavy atom. The lowest BCUT2D eigenvalue weighted by atomic mass is 9.97. The second-order valence-corrected chi connectivity index (χ2v) is 4.62. The van der Waals surface area contributed by atoms with Crippen molar-refractivity contribution in [2.24, 2.45) is 5.92 Å². The average Bonchev–Trinajstić information content (AvgIpc) is 2.15. The largest absolute Gasteiger partial charge is 0.294 e. The second kappa shape index (κ2) is 4.94. The third-order valence-electron chi connectivity index (χ3n) is 2.26. The molecule has 0 fully saturated rings. The van der Waals surface area contributed by atoms with Crippen molar-refractivity contribution in [2.45, 2.75) is 20.3 Å². The van der Waals surface area contributed by atoms with Crippen molar-refractivity contribution >= 4 is 33.3 Å². The van der Waals surface area contributed by atoms with E-state index in [0.29, 0.717) is 10.6 Å². The molecule has 1 atom stereocenters. The van der Waals surface area contributed by atoms with Crippen LogP contribution in [-0.2, 0) is 0 Å². The first-order chi connectivity index (χ1) is 6.56. The van der Waals surface area contributed by atoms with Crippen LogP contribution in [-0.4, -0.2) is 5.78 Å². The third-order valence-corrected chi connectivity index (χ3v) is 3.06. The molecule has 1 unspecified atom stereocenters. The number of halogens is 2. The van der Waals surface area contributed by atoms with Crippen LogP contribution in [0.1, 0.15) is 30.6 Å². The molecule has 0 saturated heterocycles. The van der Waals surface area contributed by atoms with Crippen molar-refractivity contribution in [3.05, 3.63) is 33.3 Å². The lowest BCUT2D eigenvalue weighted by Crippen LogP contribution is -2.10. The Balaban J connectivity index is 3.02. The van der Waals surface area contributed by atoms with Gasteiger partial charge >= 0.3 is 0 Å². The van der Waals surface area contributed by atoms with Gasteiger partial charge in [-0.2, -0.15) is 0 Å². The van der Waals surface area contributed by atoms with E-state index in [1.54, 1.807) is 12.1 Å². The normalized spacial score (nSPS) is 12.6. The van der Waals surface area contributed by atoms with Gasteiger partial charge < -0.3 is 0 Å². The summed E-state index contributed by atoms with van der Waals surface area (Å²) in [5.41, 5.74) is 0.615. The maximum Gasteiger partial charge on any atom is 0.167 e. The van der Waals surface area contributed by atoms with Gasteiger partial charge in [0.1, 0.15) is 0 Å². The van der Waals surface area contributed by atoms with Crippen LogP contribution in [0.5, 0.6) is 0 Å². The van der Waals surface area contributed by atoms with Crippen molar-refractivity contribution in [1.29, 1.82) is 0 Å². The number of hydrogen-bond donors (Lipinski definition) is 0. The highest BCUT2D eigenvalue weighted by Gasteiger charge is 2.15. The Morgan fingerprint density at radius 2 is 2.21 bits per heavy atom. The minimum atomic E-state index is 0.0358. The highest BCUT2D eigenvalue weighted by molar-refractivity contribution is 9.10. The zero-order chi connectivity index (χ0) is 10.7. The third kappa shape index (κ3) is 2.58. The predicted molar refractivity (Wildman–Crippen MR) is 62.9 cm³/mol. The molecule has 1 aromatic rings. The SMILES string of the molecule is CCC(C)C(=O)c1ccc(Br)cc1Cl. The van der Waals surface area contributed by atoms with Gasteiger partial charge in [0.25, 0.3) is 0 Å². The number of Topliss-reactive ketones (excluding diaryl/α,β-unsaturated/α-hetero) is 1. The monoisotopic (exact) mass is 274 g/mol. The van der Waals surface area contributed by atoms with Gasteiger partial charge in [-0.1, -0.05) is 41.4 Å². The summed E-state index contributed by atoms with van der Waals surface area (Å²) in [6.45, 7) is 3.91. The molecule has 0 radical (unpaired) electrons. The van der Waals surface area contributed by atoms with Gasteiger partial charge in [0.2, 0.25) is 0 Å². The van der Waals surface area contributed by atoms with E-state index in [1.165, 1.54) is 0 Å². The molecular weight excluding hydrogens is 263 g/mol. The van der Waals surface area contributed by atoms with Crippen molar-refractivity contribution in [2.75, 3.05) is 0 Å². The van der Waals surface area contributed by atoms with E-state index < -0.39 is 0 Å². The Kier molecular flexibility index (Phi) is 4.14. The van der Waals surface area contributed by atoms with Gasteiger partial charge in [0.05, 0.1) is 5.02 Å². The zero-order valence-electron chi connectivity index (χ0n) is 8.18. The molecule has 1 aromatic carbocycles. The Hall–Kier alpha value is -0.340. The maximum absolute atomic E-state index is 11.8. The summed E-state index contributed by atoms with van der Waals surface area (Å²) in [4.78, 5) is 11.8. The van der Waals surface area contributed by atoms with Crippen LogP contribution in [0.3, 0.4) is 0 Å². The molecule has 0 aliphatic heterocycles. The van der Waals surface area contributed by atoms with E-state index in [-0.39, 0.29) is 11.7 Å². The second-order valence-electron chi connectivity index (χ2n) is 3.30. The van der Waals surface area contributed by atoms with Gasteiger partial charge in [-0.15, -0.1) is 0 Å². The Morgan fingerprint density at radius 3 is 2.71 bits per heavy atom. The van der Waals surface area contributed by atoms with E-state index in [9.17, 15) is 4.79 Å². The molecule has 0 spiro atoms. The summed E-state index contributed by atoms with van der Waals surface area (Å²) in [5, 5.41) is 0.518. The molecule has 0 aromatic heterocycles. The summed E-state index contributed by atoms with van der Waals surface area (Å²) in [5.74, 6) is 0.152.